The number of benzene rings is 2. The van der Waals surface area contributed by atoms with Crippen LogP contribution in [0.4, 0.5) is 5.69 Å². The lowest BCUT2D eigenvalue weighted by molar-refractivity contribution is 0.355. The maximum Gasteiger partial charge on any atom is 0.216 e. The Bertz CT molecular complexity index is 997. The number of sulfonamides is 1. The van der Waals surface area contributed by atoms with Crippen LogP contribution in [0.1, 0.15) is 31.9 Å². The van der Waals surface area contributed by atoms with E-state index in [-0.39, 0.29) is 35.8 Å². The van der Waals surface area contributed by atoms with Crippen LogP contribution < -0.4 is 24.8 Å². The first kappa shape index (κ1) is 28.0. The highest BCUT2D eigenvalue weighted by atomic mass is 127. The van der Waals surface area contributed by atoms with E-state index < -0.39 is 10.0 Å². The normalized spacial score (nSPS) is 11.6. The maximum absolute atomic E-state index is 12.4. The van der Waals surface area contributed by atoms with Crippen molar-refractivity contribution >= 4 is 45.6 Å². The second-order valence-electron chi connectivity index (χ2n) is 7.19. The standard InChI is InChI=1S/C22H32N4O4S.HI/c1-6-23-22(25-19-11-12-20(29-4)21(13-19)30-5)24-14-17-9-7-8-10-18(17)15-31(27,28)26-16(2)3;/h7-13,16,26H,6,14-15H2,1-5H3,(H2,23,24,25);1H. The van der Waals surface area contributed by atoms with Crippen LogP contribution in [0, 0.1) is 0 Å². The molecule has 0 radical (unpaired) electrons. The highest BCUT2D eigenvalue weighted by Crippen LogP contribution is 2.29. The van der Waals surface area contributed by atoms with Crippen LogP contribution in [-0.2, 0) is 22.3 Å². The predicted molar refractivity (Wildman–Crippen MR) is 141 cm³/mol. The van der Waals surface area contributed by atoms with Crippen molar-refractivity contribution in [1.82, 2.24) is 10.0 Å². The Morgan fingerprint density at radius 1 is 1.03 bits per heavy atom. The van der Waals surface area contributed by atoms with Crippen LogP contribution in [0.15, 0.2) is 47.5 Å². The molecule has 0 aliphatic rings. The van der Waals surface area contributed by atoms with Gasteiger partial charge in [0.2, 0.25) is 10.0 Å². The predicted octanol–water partition coefficient (Wildman–Crippen LogP) is 3.73. The fourth-order valence-corrected chi connectivity index (χ4v) is 4.47. The molecule has 8 nitrogen and oxygen atoms in total. The van der Waals surface area contributed by atoms with Gasteiger partial charge in [-0.05, 0) is 44.0 Å². The fraction of sp³-hybridized carbons (Fsp3) is 0.409. The van der Waals surface area contributed by atoms with Gasteiger partial charge in [0.15, 0.2) is 17.5 Å². The van der Waals surface area contributed by atoms with Gasteiger partial charge in [0.1, 0.15) is 0 Å². The number of halogens is 1. The first-order valence-corrected chi connectivity index (χ1v) is 11.8. The van der Waals surface area contributed by atoms with E-state index in [0.717, 1.165) is 16.8 Å². The Morgan fingerprint density at radius 3 is 2.28 bits per heavy atom. The summed E-state index contributed by atoms with van der Waals surface area (Å²) in [6, 6.07) is 12.8. The lowest BCUT2D eigenvalue weighted by Gasteiger charge is -2.15. The van der Waals surface area contributed by atoms with Crippen LogP contribution >= 0.6 is 24.0 Å². The molecule has 178 valence electrons. The number of methoxy groups -OCH3 is 2. The molecule has 2 aromatic carbocycles. The topological polar surface area (TPSA) is 101 Å². The molecular formula is C22H33IN4O4S. The molecule has 0 saturated heterocycles. The second-order valence-corrected chi connectivity index (χ2v) is 8.94. The average molecular weight is 577 g/mol. The van der Waals surface area contributed by atoms with E-state index in [1.165, 1.54) is 0 Å². The number of ether oxygens (including phenoxy) is 2. The highest BCUT2D eigenvalue weighted by Gasteiger charge is 2.15. The van der Waals surface area contributed by atoms with Crippen LogP contribution in [0.25, 0.3) is 0 Å². The van der Waals surface area contributed by atoms with Gasteiger partial charge in [-0.25, -0.2) is 18.1 Å². The van der Waals surface area contributed by atoms with E-state index in [0.29, 0.717) is 30.5 Å². The minimum atomic E-state index is -3.42. The molecule has 0 aliphatic heterocycles. The van der Waals surface area contributed by atoms with Gasteiger partial charge in [-0.3, -0.25) is 0 Å². The van der Waals surface area contributed by atoms with Crippen LogP contribution in [-0.4, -0.2) is 41.2 Å². The molecule has 2 aromatic rings. The van der Waals surface area contributed by atoms with Gasteiger partial charge < -0.3 is 20.1 Å². The summed E-state index contributed by atoms with van der Waals surface area (Å²) in [6.07, 6.45) is 0. The molecule has 0 atom stereocenters. The number of rotatable bonds is 10. The van der Waals surface area contributed by atoms with Gasteiger partial charge in [0.05, 0.1) is 26.5 Å². The molecule has 0 heterocycles. The summed E-state index contributed by atoms with van der Waals surface area (Å²) in [5.74, 6) is 1.74. The van der Waals surface area contributed by atoms with Gasteiger partial charge in [0.25, 0.3) is 0 Å². The van der Waals surface area contributed by atoms with E-state index in [2.05, 4.69) is 20.3 Å². The molecule has 10 heteroatoms. The highest BCUT2D eigenvalue weighted by molar-refractivity contribution is 14.0. The number of anilines is 1. The third kappa shape index (κ3) is 8.83. The van der Waals surface area contributed by atoms with Crippen LogP contribution in [0.2, 0.25) is 0 Å². The van der Waals surface area contributed by atoms with Crippen molar-refractivity contribution in [3.63, 3.8) is 0 Å². The van der Waals surface area contributed by atoms with Crippen molar-refractivity contribution in [2.45, 2.75) is 39.1 Å². The Balaban J connectivity index is 0.00000512. The number of hydrogen-bond donors (Lipinski definition) is 3. The van der Waals surface area contributed by atoms with Gasteiger partial charge in [0, 0.05) is 24.3 Å². The average Bonchev–Trinajstić information content (AvgIpc) is 2.71. The Kier molecular flexibility index (Phi) is 11.8. The van der Waals surface area contributed by atoms with E-state index in [1.54, 1.807) is 28.1 Å². The first-order valence-electron chi connectivity index (χ1n) is 10.1. The summed E-state index contributed by atoms with van der Waals surface area (Å²) in [6.45, 7) is 6.58. The maximum atomic E-state index is 12.4. The minimum Gasteiger partial charge on any atom is -0.493 e. The van der Waals surface area contributed by atoms with Gasteiger partial charge in [-0.2, -0.15) is 0 Å². The zero-order chi connectivity index (χ0) is 22.9. The summed E-state index contributed by atoms with van der Waals surface area (Å²) in [4.78, 5) is 4.64. The number of guanidine groups is 1. The van der Waals surface area contributed by atoms with Crippen molar-refractivity contribution < 1.29 is 17.9 Å². The van der Waals surface area contributed by atoms with Crippen molar-refractivity contribution in [2.75, 3.05) is 26.1 Å². The number of hydrogen-bond acceptors (Lipinski definition) is 5. The molecule has 0 spiro atoms. The zero-order valence-corrected chi connectivity index (χ0v) is 22.3. The molecule has 2 rings (SSSR count). The summed E-state index contributed by atoms with van der Waals surface area (Å²) < 4.78 is 38.0. The smallest absolute Gasteiger partial charge is 0.216 e. The van der Waals surface area contributed by atoms with Crippen LogP contribution in [0.3, 0.4) is 0 Å². The monoisotopic (exact) mass is 576 g/mol. The first-order chi connectivity index (χ1) is 14.8. The summed E-state index contributed by atoms with van der Waals surface area (Å²) in [7, 11) is -0.252. The molecule has 3 N–H and O–H groups in total. The molecule has 32 heavy (non-hydrogen) atoms. The van der Waals surface area contributed by atoms with E-state index in [4.69, 9.17) is 9.47 Å². The second kappa shape index (κ2) is 13.5. The summed E-state index contributed by atoms with van der Waals surface area (Å²) in [5.41, 5.74) is 2.36. The molecule has 0 saturated carbocycles. The summed E-state index contributed by atoms with van der Waals surface area (Å²) in [5, 5.41) is 6.44. The third-order valence-corrected chi connectivity index (χ3v) is 5.80. The molecule has 0 fully saturated rings. The zero-order valence-electron chi connectivity index (χ0n) is 19.1. The third-order valence-electron chi connectivity index (χ3n) is 4.28. The van der Waals surface area contributed by atoms with Crippen LogP contribution in [0.5, 0.6) is 11.5 Å². The van der Waals surface area contributed by atoms with E-state index in [1.807, 2.05) is 49.4 Å². The SMILES string of the molecule is CCNC(=NCc1ccccc1CS(=O)(=O)NC(C)C)Nc1ccc(OC)c(OC)c1.I. The largest absolute Gasteiger partial charge is 0.493 e. The molecule has 0 aromatic heterocycles. The Labute approximate surface area is 208 Å². The van der Waals surface area contributed by atoms with E-state index in [9.17, 15) is 8.42 Å². The lowest BCUT2D eigenvalue weighted by Crippen LogP contribution is -2.31. The van der Waals surface area contributed by atoms with Gasteiger partial charge in [-0.1, -0.05) is 24.3 Å². The van der Waals surface area contributed by atoms with Gasteiger partial charge in [-0.15, -0.1) is 24.0 Å². The quantitative estimate of drug-likeness (QED) is 0.227. The Hall–Kier alpha value is -2.05. The number of nitrogens with zero attached hydrogens (tertiary/aromatic N) is 1. The van der Waals surface area contributed by atoms with Crippen molar-refractivity contribution in [3.05, 3.63) is 53.6 Å². The minimum absolute atomic E-state index is 0. The number of nitrogens with one attached hydrogen (secondary N) is 3. The molecule has 0 amide bonds. The fourth-order valence-electron chi connectivity index (χ4n) is 2.98. The van der Waals surface area contributed by atoms with Crippen molar-refractivity contribution in [1.29, 1.82) is 0 Å². The molecule has 0 unspecified atom stereocenters. The molecular weight excluding hydrogens is 543 g/mol. The van der Waals surface area contributed by atoms with E-state index >= 15 is 0 Å². The van der Waals surface area contributed by atoms with Crippen molar-refractivity contribution in [2.24, 2.45) is 4.99 Å². The molecule has 0 aliphatic carbocycles. The Morgan fingerprint density at radius 2 is 1.69 bits per heavy atom. The summed E-state index contributed by atoms with van der Waals surface area (Å²) >= 11 is 0. The van der Waals surface area contributed by atoms with Crippen molar-refractivity contribution in [3.8, 4) is 11.5 Å². The van der Waals surface area contributed by atoms with Gasteiger partial charge >= 0.3 is 0 Å². The lowest BCUT2D eigenvalue weighted by atomic mass is 10.1. The molecule has 0 bridgehead atoms. The number of aliphatic imine (C=N–C) groups is 1.